The number of rotatable bonds is 5. The number of carbonyl (C=O) groups excluding carboxylic acids is 2. The largest absolute Gasteiger partial charge is 0.460 e. The summed E-state index contributed by atoms with van der Waals surface area (Å²) in [7, 11) is 0. The summed E-state index contributed by atoms with van der Waals surface area (Å²) in [6.07, 6.45) is 2.68. The Kier molecular flexibility index (Phi) is 6.75. The van der Waals surface area contributed by atoms with Crippen LogP contribution < -0.4 is 5.32 Å². The lowest BCUT2D eigenvalue weighted by Gasteiger charge is -2.37. The highest BCUT2D eigenvalue weighted by Crippen LogP contribution is 2.46. The molecule has 2 aliphatic rings. The summed E-state index contributed by atoms with van der Waals surface area (Å²) in [4.78, 5) is 27.8. The van der Waals surface area contributed by atoms with Crippen molar-refractivity contribution < 1.29 is 18.7 Å². The number of hydrogen-bond donors (Lipinski definition) is 1. The lowest BCUT2D eigenvalue weighted by Crippen LogP contribution is -2.36. The van der Waals surface area contributed by atoms with Crippen LogP contribution in [0.1, 0.15) is 56.6 Å². The van der Waals surface area contributed by atoms with Crippen molar-refractivity contribution in [2.75, 3.05) is 6.26 Å². The topological polar surface area (TPSA) is 55.4 Å². The van der Waals surface area contributed by atoms with Crippen molar-refractivity contribution in [3.8, 4) is 0 Å². The van der Waals surface area contributed by atoms with E-state index in [1.54, 1.807) is 23.9 Å². The smallest absolute Gasteiger partial charge is 0.337 e. The van der Waals surface area contributed by atoms with E-state index in [0.29, 0.717) is 29.7 Å². The third-order valence-corrected chi connectivity index (χ3v) is 6.92. The number of hydrogen-bond acceptors (Lipinski definition) is 5. The van der Waals surface area contributed by atoms with Crippen molar-refractivity contribution in [2.45, 2.75) is 56.4 Å². The third-order valence-electron chi connectivity index (χ3n) is 6.18. The molecular formula is C27H28FNO3S. The molecule has 0 radical (unpaired) electrons. The second-order valence-corrected chi connectivity index (χ2v) is 9.68. The van der Waals surface area contributed by atoms with Gasteiger partial charge in [0.05, 0.1) is 11.7 Å². The normalized spacial score (nSPS) is 20.6. The van der Waals surface area contributed by atoms with E-state index >= 15 is 0 Å². The molecule has 0 spiro atoms. The molecule has 2 atom stereocenters. The van der Waals surface area contributed by atoms with Crippen LogP contribution in [0.25, 0.3) is 0 Å². The number of ketones is 1. The van der Waals surface area contributed by atoms with Gasteiger partial charge in [-0.2, -0.15) is 0 Å². The molecule has 1 aliphatic heterocycles. The van der Waals surface area contributed by atoms with Crippen LogP contribution in [0.15, 0.2) is 76.0 Å². The van der Waals surface area contributed by atoms with E-state index in [2.05, 4.69) is 5.32 Å². The van der Waals surface area contributed by atoms with Crippen LogP contribution >= 0.6 is 11.8 Å². The summed E-state index contributed by atoms with van der Waals surface area (Å²) in [6, 6.07) is 14.3. The van der Waals surface area contributed by atoms with Gasteiger partial charge in [0.15, 0.2) is 5.78 Å². The van der Waals surface area contributed by atoms with Crippen molar-refractivity contribution in [3.63, 3.8) is 0 Å². The highest BCUT2D eigenvalue weighted by molar-refractivity contribution is 7.98. The molecule has 2 aromatic rings. The standard InChI is InChI=1S/C27H28FNO3S/c1-15(2)32-27(31)24-16(3)29-22-13-19(17-5-9-20(28)10-6-17)14-23(30)26(22)25(24)18-7-11-21(33-4)12-8-18/h5-12,15,19,25,29H,13-14H2,1-4H3/t19-,25-/m1/s1. The first-order valence-corrected chi connectivity index (χ1v) is 12.3. The lowest BCUT2D eigenvalue weighted by atomic mass is 9.72. The summed E-state index contributed by atoms with van der Waals surface area (Å²) in [5.74, 6) is -1.23. The van der Waals surface area contributed by atoms with E-state index in [9.17, 15) is 14.0 Å². The molecule has 0 fully saturated rings. The molecule has 0 aromatic heterocycles. The minimum Gasteiger partial charge on any atom is -0.460 e. The van der Waals surface area contributed by atoms with Gasteiger partial charge in [0, 0.05) is 34.2 Å². The Hall–Kier alpha value is -2.86. The van der Waals surface area contributed by atoms with Gasteiger partial charge in [0.2, 0.25) is 0 Å². The predicted molar refractivity (Wildman–Crippen MR) is 128 cm³/mol. The zero-order valence-corrected chi connectivity index (χ0v) is 20.1. The van der Waals surface area contributed by atoms with Crippen molar-refractivity contribution in [2.24, 2.45) is 0 Å². The Balaban J connectivity index is 1.78. The average molecular weight is 466 g/mol. The molecule has 0 bridgehead atoms. The van der Waals surface area contributed by atoms with Crippen LogP contribution in [-0.2, 0) is 14.3 Å². The number of esters is 1. The van der Waals surface area contributed by atoms with E-state index in [1.807, 2.05) is 51.3 Å². The molecule has 4 nitrogen and oxygen atoms in total. The predicted octanol–water partition coefficient (Wildman–Crippen LogP) is 5.86. The van der Waals surface area contributed by atoms with Gasteiger partial charge < -0.3 is 10.1 Å². The molecule has 33 heavy (non-hydrogen) atoms. The first kappa shape index (κ1) is 23.3. The fraction of sp³-hybridized carbons (Fsp3) is 0.333. The van der Waals surface area contributed by atoms with Gasteiger partial charge in [-0.1, -0.05) is 24.3 Å². The van der Waals surface area contributed by atoms with Crippen LogP contribution in [0, 0.1) is 5.82 Å². The van der Waals surface area contributed by atoms with Gasteiger partial charge in [-0.25, -0.2) is 9.18 Å². The van der Waals surface area contributed by atoms with Crippen LogP contribution in [0.5, 0.6) is 0 Å². The quantitative estimate of drug-likeness (QED) is 0.443. The Morgan fingerprint density at radius 3 is 2.30 bits per heavy atom. The molecule has 0 saturated heterocycles. The fourth-order valence-corrected chi connectivity index (χ4v) is 5.10. The molecule has 2 aromatic carbocycles. The molecule has 0 amide bonds. The average Bonchev–Trinajstić information content (AvgIpc) is 2.78. The maximum atomic E-state index is 13.5. The van der Waals surface area contributed by atoms with Gasteiger partial charge in [0.1, 0.15) is 5.82 Å². The van der Waals surface area contributed by atoms with Gasteiger partial charge in [-0.05, 0) is 74.8 Å². The fourth-order valence-electron chi connectivity index (χ4n) is 4.69. The van der Waals surface area contributed by atoms with Crippen LogP contribution in [-0.4, -0.2) is 24.1 Å². The Labute approximate surface area is 198 Å². The highest BCUT2D eigenvalue weighted by Gasteiger charge is 2.41. The molecule has 1 aliphatic carbocycles. The maximum absolute atomic E-state index is 13.5. The minimum atomic E-state index is -0.481. The van der Waals surface area contributed by atoms with Crippen LogP contribution in [0.3, 0.4) is 0 Å². The second-order valence-electron chi connectivity index (χ2n) is 8.80. The van der Waals surface area contributed by atoms with Gasteiger partial charge in [-0.15, -0.1) is 11.8 Å². The number of allylic oxidation sites excluding steroid dienone is 3. The zero-order valence-electron chi connectivity index (χ0n) is 19.3. The monoisotopic (exact) mass is 465 g/mol. The van der Waals surface area contributed by atoms with Crippen molar-refractivity contribution in [3.05, 3.63) is 88.0 Å². The third kappa shape index (κ3) is 4.76. The Morgan fingerprint density at radius 2 is 1.70 bits per heavy atom. The van der Waals surface area contributed by atoms with Crippen molar-refractivity contribution in [1.82, 2.24) is 5.32 Å². The minimum absolute atomic E-state index is 0.000588. The molecule has 1 N–H and O–H groups in total. The van der Waals surface area contributed by atoms with E-state index in [-0.39, 0.29) is 23.6 Å². The number of carbonyl (C=O) groups is 2. The molecule has 0 saturated carbocycles. The van der Waals surface area contributed by atoms with Crippen LogP contribution in [0.4, 0.5) is 4.39 Å². The van der Waals surface area contributed by atoms with Gasteiger partial charge in [-0.3, -0.25) is 4.79 Å². The Morgan fingerprint density at radius 1 is 1.06 bits per heavy atom. The van der Waals surface area contributed by atoms with Crippen LogP contribution in [0.2, 0.25) is 0 Å². The molecule has 6 heteroatoms. The van der Waals surface area contributed by atoms with E-state index in [4.69, 9.17) is 4.74 Å². The number of Topliss-reactive ketones (excluding diaryl/α,β-unsaturated/α-hetero) is 1. The summed E-state index contributed by atoms with van der Waals surface area (Å²) in [6.45, 7) is 5.49. The SMILES string of the molecule is CSc1ccc([C@@H]2C(C(=O)OC(C)C)=C(C)NC3=C2C(=O)C[C@H](c2ccc(F)cc2)C3)cc1. The summed E-state index contributed by atoms with van der Waals surface area (Å²) < 4.78 is 19.0. The first-order valence-electron chi connectivity index (χ1n) is 11.1. The Bertz CT molecular complexity index is 1130. The molecule has 0 unspecified atom stereocenters. The lowest BCUT2D eigenvalue weighted by molar-refractivity contribution is -0.143. The molecule has 172 valence electrons. The first-order chi connectivity index (χ1) is 15.8. The van der Waals surface area contributed by atoms with E-state index < -0.39 is 11.9 Å². The number of dihydropyridines is 1. The molecular weight excluding hydrogens is 437 g/mol. The summed E-state index contributed by atoms with van der Waals surface area (Å²) in [5.41, 5.74) is 4.47. The van der Waals surface area contributed by atoms with Crippen molar-refractivity contribution in [1.29, 1.82) is 0 Å². The number of halogens is 1. The number of nitrogens with one attached hydrogen (secondary N) is 1. The van der Waals surface area contributed by atoms with Gasteiger partial charge >= 0.3 is 5.97 Å². The van der Waals surface area contributed by atoms with E-state index in [1.165, 1.54) is 12.1 Å². The number of benzene rings is 2. The number of ether oxygens (including phenoxy) is 1. The molecule has 1 heterocycles. The maximum Gasteiger partial charge on any atom is 0.337 e. The summed E-state index contributed by atoms with van der Waals surface area (Å²) in [5, 5.41) is 3.35. The number of thioether (sulfide) groups is 1. The molecule has 4 rings (SSSR count). The highest BCUT2D eigenvalue weighted by atomic mass is 32.2. The van der Waals surface area contributed by atoms with Gasteiger partial charge in [0.25, 0.3) is 0 Å². The summed E-state index contributed by atoms with van der Waals surface area (Å²) >= 11 is 1.64. The second kappa shape index (κ2) is 9.56. The van der Waals surface area contributed by atoms with Crippen molar-refractivity contribution >= 4 is 23.5 Å². The zero-order chi connectivity index (χ0) is 23.7. The van der Waals surface area contributed by atoms with E-state index in [0.717, 1.165) is 21.7 Å².